The number of nitrogens with one attached hydrogen (secondary N) is 2. The number of H-pyrrole nitrogens is 1. The van der Waals surface area contributed by atoms with Crippen LogP contribution in [-0.4, -0.2) is 68.7 Å². The van der Waals surface area contributed by atoms with Gasteiger partial charge in [-0.3, -0.25) is 9.78 Å². The molecule has 2 saturated heterocycles. The molecule has 7 rings (SSSR count). The molecular formula is C32H34ClFN8O. The molecule has 3 aromatic heterocycles. The van der Waals surface area contributed by atoms with Crippen molar-refractivity contribution in [2.24, 2.45) is 0 Å². The van der Waals surface area contributed by atoms with E-state index in [1.807, 2.05) is 30.7 Å². The van der Waals surface area contributed by atoms with Crippen molar-refractivity contribution in [3.05, 3.63) is 46.5 Å². The Balaban J connectivity index is 1.45. The van der Waals surface area contributed by atoms with Gasteiger partial charge in [0.05, 0.1) is 52.4 Å². The highest BCUT2D eigenvalue weighted by Gasteiger charge is 2.29. The van der Waals surface area contributed by atoms with Gasteiger partial charge in [-0.15, -0.1) is 0 Å². The number of nitrogens with zero attached hydrogens (tertiary/aromatic N) is 6. The number of likely N-dealkylation sites (tertiary alicyclic amines) is 1. The van der Waals surface area contributed by atoms with Crippen LogP contribution < -0.4 is 10.1 Å². The molecule has 2 aliphatic rings. The van der Waals surface area contributed by atoms with Crippen LogP contribution >= 0.6 is 11.6 Å². The summed E-state index contributed by atoms with van der Waals surface area (Å²) in [6.45, 7) is 6.23. The van der Waals surface area contributed by atoms with Crippen LogP contribution in [0.4, 0.5) is 4.39 Å². The number of aromatic nitrogens is 5. The lowest BCUT2D eigenvalue weighted by Gasteiger charge is -2.30. The van der Waals surface area contributed by atoms with Gasteiger partial charge in [0.2, 0.25) is 5.88 Å². The summed E-state index contributed by atoms with van der Waals surface area (Å²) in [6.07, 6.45) is 7.65. The number of halogens is 2. The Morgan fingerprint density at radius 2 is 2.02 bits per heavy atom. The third-order valence-electron chi connectivity index (χ3n) is 9.44. The highest BCUT2D eigenvalue weighted by molar-refractivity contribution is 6.35. The molecule has 2 N–H and O–H groups in total. The summed E-state index contributed by atoms with van der Waals surface area (Å²) >= 11 is 7.00. The summed E-state index contributed by atoms with van der Waals surface area (Å²) in [6, 6.07) is 6.48. The Labute approximate surface area is 254 Å². The minimum Gasteiger partial charge on any atom is -0.475 e. The maximum atomic E-state index is 17.0. The van der Waals surface area contributed by atoms with Gasteiger partial charge in [0, 0.05) is 34.0 Å². The zero-order chi connectivity index (χ0) is 29.8. The molecule has 0 spiro atoms. The normalized spacial score (nSPS) is 21.3. The number of ether oxygens (including phenoxy) is 1. The Hall–Kier alpha value is -3.78. The first-order chi connectivity index (χ1) is 20.9. The first-order valence-electron chi connectivity index (χ1n) is 14.9. The van der Waals surface area contributed by atoms with E-state index in [0.29, 0.717) is 40.4 Å². The zero-order valence-electron chi connectivity index (χ0n) is 24.5. The predicted octanol–water partition coefficient (Wildman–Crippen LogP) is 6.22. The van der Waals surface area contributed by atoms with Crippen LogP contribution in [0.25, 0.3) is 43.8 Å². The maximum absolute atomic E-state index is 17.0. The molecule has 0 radical (unpaired) electrons. The smallest absolute Gasteiger partial charge is 0.225 e. The summed E-state index contributed by atoms with van der Waals surface area (Å²) in [4.78, 5) is 7.13. The van der Waals surface area contributed by atoms with E-state index in [4.69, 9.17) is 26.4 Å². The second-order valence-electron chi connectivity index (χ2n) is 12.0. The van der Waals surface area contributed by atoms with Crippen molar-refractivity contribution in [1.29, 1.82) is 5.26 Å². The van der Waals surface area contributed by atoms with E-state index >= 15 is 4.39 Å². The zero-order valence-corrected chi connectivity index (χ0v) is 25.3. The van der Waals surface area contributed by atoms with Crippen molar-refractivity contribution >= 4 is 44.3 Å². The Kier molecular flexibility index (Phi) is 7.20. The Bertz CT molecular complexity index is 1910. The number of piperidine rings is 1. The molecule has 0 aliphatic carbocycles. The van der Waals surface area contributed by atoms with Crippen molar-refractivity contribution in [2.75, 3.05) is 26.7 Å². The van der Waals surface area contributed by atoms with Crippen molar-refractivity contribution in [3.8, 4) is 23.1 Å². The molecule has 2 aromatic carbocycles. The molecule has 0 saturated carbocycles. The monoisotopic (exact) mass is 600 g/mol. The van der Waals surface area contributed by atoms with Gasteiger partial charge in [-0.05, 0) is 82.9 Å². The number of nitriles is 1. The predicted molar refractivity (Wildman–Crippen MR) is 166 cm³/mol. The lowest BCUT2D eigenvalue weighted by molar-refractivity contribution is 0.195. The number of hydrogen-bond donors (Lipinski definition) is 2. The minimum absolute atomic E-state index is 0.0302. The fourth-order valence-corrected chi connectivity index (χ4v) is 7.24. The fraction of sp³-hybridized carbons (Fsp3) is 0.438. The number of aryl methyl sites for hydroxylation is 1. The van der Waals surface area contributed by atoms with Crippen molar-refractivity contribution < 1.29 is 9.13 Å². The number of rotatable bonds is 6. The molecule has 222 valence electrons. The number of aromatic amines is 1. The van der Waals surface area contributed by atoms with Crippen LogP contribution in [0, 0.1) is 31.0 Å². The van der Waals surface area contributed by atoms with Crippen LogP contribution in [0.2, 0.25) is 5.02 Å². The topological polar surface area (TPSA) is 108 Å². The van der Waals surface area contributed by atoms with E-state index in [2.05, 4.69) is 33.5 Å². The van der Waals surface area contributed by atoms with Gasteiger partial charge in [0.1, 0.15) is 12.1 Å². The number of fused-ring (bicyclic) bond motifs is 4. The van der Waals surface area contributed by atoms with Crippen molar-refractivity contribution in [1.82, 2.24) is 35.2 Å². The Morgan fingerprint density at radius 3 is 2.81 bits per heavy atom. The first-order valence-corrected chi connectivity index (χ1v) is 15.3. The summed E-state index contributed by atoms with van der Waals surface area (Å²) in [5.74, 6) is -0.123. The summed E-state index contributed by atoms with van der Waals surface area (Å²) in [7, 11) is 2.10. The van der Waals surface area contributed by atoms with Gasteiger partial charge in [-0.1, -0.05) is 11.6 Å². The van der Waals surface area contributed by atoms with Crippen LogP contribution in [-0.2, 0) is 0 Å². The van der Waals surface area contributed by atoms with E-state index in [0.717, 1.165) is 71.7 Å². The second kappa shape index (κ2) is 11.1. The molecule has 0 bridgehead atoms. The number of pyridine rings is 1. The molecule has 9 nitrogen and oxygen atoms in total. The second-order valence-corrected chi connectivity index (χ2v) is 12.4. The third kappa shape index (κ3) is 4.71. The van der Waals surface area contributed by atoms with E-state index in [1.165, 1.54) is 0 Å². The summed E-state index contributed by atoms with van der Waals surface area (Å²) in [5.41, 5.74) is 4.71. The van der Waals surface area contributed by atoms with Gasteiger partial charge in [0.15, 0.2) is 5.82 Å². The molecule has 3 atom stereocenters. The molecule has 11 heteroatoms. The number of hydrogen-bond acceptors (Lipinski definition) is 7. The van der Waals surface area contributed by atoms with Crippen molar-refractivity contribution in [3.63, 3.8) is 0 Å². The van der Waals surface area contributed by atoms with Gasteiger partial charge < -0.3 is 15.0 Å². The molecular weight excluding hydrogens is 567 g/mol. The lowest BCUT2D eigenvalue weighted by atomic mass is 9.92. The molecule has 5 heterocycles. The highest BCUT2D eigenvalue weighted by atomic mass is 35.5. The maximum Gasteiger partial charge on any atom is 0.225 e. The van der Waals surface area contributed by atoms with E-state index in [1.54, 1.807) is 12.4 Å². The average Bonchev–Trinajstić information content (AvgIpc) is 3.74. The van der Waals surface area contributed by atoms with E-state index in [9.17, 15) is 5.26 Å². The average molecular weight is 601 g/mol. The first kappa shape index (κ1) is 28.0. The largest absolute Gasteiger partial charge is 0.475 e. The molecule has 0 unspecified atom stereocenters. The number of likely N-dealkylation sites (N-methyl/N-ethyl adjacent to an activating group) is 1. The van der Waals surface area contributed by atoms with Gasteiger partial charge in [-0.25, -0.2) is 9.37 Å². The SMILES string of the molecule is Cc1cc2[nH]ncc2c(-c2c(Cl)cc3c(nc(OC[C@@H]4CCCN4C)c4cnn([C@H]5CCN[C@H](CC#N)C5)c43)c2F)c1C. The standard InChI is InChI=1S/C32H34ClFN8O/c1-17-11-26-23(14-37-40-26)27(18(17)2)28-25(33)13-22-30(29(28)34)39-32(43-16-21-5-4-10-41(21)3)24-15-38-42(31(22)24)20-7-9-36-19(12-20)6-8-35/h11,13-15,19-21,36H,4-7,9-10,12,16H2,1-3H3,(H,37,40)/t19-,20+,21+/m1/s1. The molecule has 43 heavy (non-hydrogen) atoms. The van der Waals surface area contributed by atoms with Crippen LogP contribution in [0.15, 0.2) is 24.5 Å². The molecule has 2 aliphatic heterocycles. The van der Waals surface area contributed by atoms with Crippen LogP contribution in [0.5, 0.6) is 5.88 Å². The van der Waals surface area contributed by atoms with Crippen molar-refractivity contribution in [2.45, 2.75) is 64.1 Å². The van der Waals surface area contributed by atoms with E-state index in [-0.39, 0.29) is 23.6 Å². The number of benzene rings is 2. The van der Waals surface area contributed by atoms with Crippen LogP contribution in [0.3, 0.4) is 0 Å². The van der Waals surface area contributed by atoms with E-state index < -0.39 is 5.82 Å². The third-order valence-corrected chi connectivity index (χ3v) is 9.74. The summed E-state index contributed by atoms with van der Waals surface area (Å²) < 4.78 is 25.4. The minimum atomic E-state index is -0.496. The molecule has 2 fully saturated rings. The Morgan fingerprint density at radius 1 is 1.16 bits per heavy atom. The highest BCUT2D eigenvalue weighted by Crippen LogP contribution is 2.44. The summed E-state index contributed by atoms with van der Waals surface area (Å²) in [5, 5.41) is 27.2. The van der Waals surface area contributed by atoms with Crippen LogP contribution in [0.1, 0.15) is 49.3 Å². The van der Waals surface area contributed by atoms with Gasteiger partial charge in [-0.2, -0.15) is 15.5 Å². The molecule has 0 amide bonds. The van der Waals surface area contributed by atoms with Gasteiger partial charge in [0.25, 0.3) is 0 Å². The fourth-order valence-electron chi connectivity index (χ4n) is 6.95. The lowest BCUT2D eigenvalue weighted by Crippen LogP contribution is -2.38. The van der Waals surface area contributed by atoms with Gasteiger partial charge >= 0.3 is 0 Å². The molecule has 5 aromatic rings. The quantitative estimate of drug-likeness (QED) is 0.238.